The molecule has 0 aromatic carbocycles. The molecule has 0 aliphatic carbocycles. The van der Waals surface area contributed by atoms with Crippen molar-refractivity contribution in [1.82, 2.24) is 4.90 Å². The van der Waals surface area contributed by atoms with Crippen molar-refractivity contribution >= 4 is 0 Å². The van der Waals surface area contributed by atoms with Gasteiger partial charge < -0.3 is 9.64 Å². The predicted molar refractivity (Wildman–Crippen MR) is 76.5 cm³/mol. The number of rotatable bonds is 4. The van der Waals surface area contributed by atoms with Crippen LogP contribution in [0.25, 0.3) is 0 Å². The van der Waals surface area contributed by atoms with Gasteiger partial charge in [-0.05, 0) is 59.0 Å². The van der Waals surface area contributed by atoms with E-state index in [1.165, 1.54) is 25.9 Å². The number of piperidine rings is 1. The largest absolute Gasteiger partial charge is 0.379 e. The fourth-order valence-electron chi connectivity index (χ4n) is 2.39. The van der Waals surface area contributed by atoms with Crippen molar-refractivity contribution in [2.45, 2.75) is 72.4 Å². The zero-order valence-corrected chi connectivity index (χ0v) is 13.0. The van der Waals surface area contributed by atoms with E-state index in [1.54, 1.807) is 0 Å². The Morgan fingerprint density at radius 3 is 2.12 bits per heavy atom. The van der Waals surface area contributed by atoms with Crippen molar-refractivity contribution < 1.29 is 4.74 Å². The van der Waals surface area contributed by atoms with Crippen molar-refractivity contribution in [2.75, 3.05) is 20.2 Å². The zero-order valence-electron chi connectivity index (χ0n) is 13.0. The molecule has 104 valence electrons. The number of methoxy groups -OCH3 is 1. The third kappa shape index (κ3) is 6.42. The summed E-state index contributed by atoms with van der Waals surface area (Å²) in [6, 6.07) is 0.646. The molecule has 1 heterocycles. The van der Waals surface area contributed by atoms with Crippen LogP contribution in [0.3, 0.4) is 0 Å². The monoisotopic (exact) mass is 243 g/mol. The minimum atomic E-state index is 0.0163. The maximum Gasteiger partial charge on any atom is 0.0637 e. The van der Waals surface area contributed by atoms with Crippen LogP contribution in [0.1, 0.15) is 60.8 Å². The molecule has 2 heteroatoms. The average Bonchev–Trinajstić information content (AvgIpc) is 2.32. The van der Waals surface area contributed by atoms with Gasteiger partial charge in [-0.2, -0.15) is 0 Å². The lowest BCUT2D eigenvalue weighted by Crippen LogP contribution is -2.43. The fraction of sp³-hybridized carbons (Fsp3) is 1.00. The van der Waals surface area contributed by atoms with Gasteiger partial charge >= 0.3 is 0 Å². The molecule has 1 aliphatic heterocycles. The summed E-state index contributed by atoms with van der Waals surface area (Å²) in [5, 5.41) is 0. The molecule has 17 heavy (non-hydrogen) atoms. The highest BCUT2D eigenvalue weighted by molar-refractivity contribution is 4.80. The number of nitrogens with zero attached hydrogens (tertiary/aromatic N) is 1. The molecule has 1 fully saturated rings. The standard InChI is InChI=1S/C13H27NO.C2H6/c1-11-6-8-14(9-7-11)12(2)10-13(3,4)15-5;1-2/h11-12H,6-10H2,1-5H3;1-2H3. The lowest BCUT2D eigenvalue weighted by atomic mass is 9.94. The minimum Gasteiger partial charge on any atom is -0.379 e. The molecule has 0 N–H and O–H groups in total. The van der Waals surface area contributed by atoms with Crippen LogP contribution in [-0.4, -0.2) is 36.7 Å². The van der Waals surface area contributed by atoms with Crippen molar-refractivity contribution in [2.24, 2.45) is 5.92 Å². The van der Waals surface area contributed by atoms with Crippen LogP contribution >= 0.6 is 0 Å². The predicted octanol–water partition coefficient (Wildman–Crippen LogP) is 3.95. The second kappa shape index (κ2) is 8.10. The lowest BCUT2D eigenvalue weighted by molar-refractivity contribution is -0.0101. The van der Waals surface area contributed by atoms with Gasteiger partial charge in [0, 0.05) is 13.2 Å². The van der Waals surface area contributed by atoms with E-state index in [1.807, 2.05) is 21.0 Å². The topological polar surface area (TPSA) is 12.5 Å². The zero-order chi connectivity index (χ0) is 13.5. The molecular formula is C15H33NO. The van der Waals surface area contributed by atoms with Gasteiger partial charge in [0.05, 0.1) is 5.60 Å². The minimum absolute atomic E-state index is 0.0163. The van der Waals surface area contributed by atoms with Gasteiger partial charge in [0.15, 0.2) is 0 Å². The Morgan fingerprint density at radius 1 is 1.24 bits per heavy atom. The lowest BCUT2D eigenvalue weighted by Gasteiger charge is -2.38. The quantitative estimate of drug-likeness (QED) is 0.741. The smallest absolute Gasteiger partial charge is 0.0637 e. The summed E-state index contributed by atoms with van der Waals surface area (Å²) >= 11 is 0. The van der Waals surface area contributed by atoms with Gasteiger partial charge in [-0.1, -0.05) is 20.8 Å². The maximum atomic E-state index is 5.49. The molecule has 0 aromatic heterocycles. The first kappa shape index (κ1) is 16.9. The Balaban J connectivity index is 0.00000121. The highest BCUT2D eigenvalue weighted by atomic mass is 16.5. The van der Waals surface area contributed by atoms with E-state index in [4.69, 9.17) is 4.74 Å². The molecule has 2 nitrogen and oxygen atoms in total. The maximum absolute atomic E-state index is 5.49. The molecule has 0 radical (unpaired) electrons. The Hall–Kier alpha value is -0.0800. The Labute approximate surface area is 109 Å². The van der Waals surface area contributed by atoms with Gasteiger partial charge in [-0.3, -0.25) is 0 Å². The summed E-state index contributed by atoms with van der Waals surface area (Å²) in [4.78, 5) is 2.61. The normalized spacial score (nSPS) is 20.6. The van der Waals surface area contributed by atoms with E-state index in [9.17, 15) is 0 Å². The Bertz CT molecular complexity index is 183. The summed E-state index contributed by atoms with van der Waals surface area (Å²) in [5.74, 6) is 0.920. The van der Waals surface area contributed by atoms with Gasteiger partial charge in [-0.25, -0.2) is 0 Å². The van der Waals surface area contributed by atoms with E-state index < -0.39 is 0 Å². The first-order chi connectivity index (χ1) is 7.94. The van der Waals surface area contributed by atoms with Crippen LogP contribution < -0.4 is 0 Å². The highest BCUT2D eigenvalue weighted by Crippen LogP contribution is 2.23. The summed E-state index contributed by atoms with van der Waals surface area (Å²) in [7, 11) is 1.81. The van der Waals surface area contributed by atoms with E-state index in [-0.39, 0.29) is 5.60 Å². The summed E-state index contributed by atoms with van der Waals surface area (Å²) in [6.07, 6.45) is 3.84. The molecule has 1 unspecified atom stereocenters. The molecule has 1 rings (SSSR count). The average molecular weight is 243 g/mol. The van der Waals surface area contributed by atoms with Gasteiger partial charge in [0.2, 0.25) is 0 Å². The molecule has 0 amide bonds. The molecule has 1 saturated heterocycles. The number of likely N-dealkylation sites (tertiary alicyclic amines) is 1. The first-order valence-corrected chi connectivity index (χ1v) is 7.24. The van der Waals surface area contributed by atoms with Crippen LogP contribution in [0, 0.1) is 5.92 Å². The summed E-state index contributed by atoms with van der Waals surface area (Å²) in [5.41, 5.74) is 0.0163. The second-order valence-corrected chi connectivity index (χ2v) is 5.74. The van der Waals surface area contributed by atoms with Crippen LogP contribution in [0.2, 0.25) is 0 Å². The highest BCUT2D eigenvalue weighted by Gasteiger charge is 2.26. The second-order valence-electron chi connectivity index (χ2n) is 5.74. The summed E-state index contributed by atoms with van der Waals surface area (Å²) < 4.78 is 5.49. The van der Waals surface area contributed by atoms with Gasteiger partial charge in [0.25, 0.3) is 0 Å². The third-order valence-corrected chi connectivity index (χ3v) is 3.78. The van der Waals surface area contributed by atoms with Crippen LogP contribution in [0.5, 0.6) is 0 Å². The fourth-order valence-corrected chi connectivity index (χ4v) is 2.39. The van der Waals surface area contributed by atoms with Gasteiger partial charge in [0.1, 0.15) is 0 Å². The van der Waals surface area contributed by atoms with E-state index >= 15 is 0 Å². The SMILES string of the molecule is CC.COC(C)(C)CC(C)N1CCC(C)CC1. The van der Waals surface area contributed by atoms with Crippen LogP contribution in [0.4, 0.5) is 0 Å². The van der Waals surface area contributed by atoms with E-state index in [0.717, 1.165) is 12.3 Å². The van der Waals surface area contributed by atoms with E-state index in [0.29, 0.717) is 6.04 Å². The van der Waals surface area contributed by atoms with Crippen molar-refractivity contribution in [3.05, 3.63) is 0 Å². The third-order valence-electron chi connectivity index (χ3n) is 3.78. The van der Waals surface area contributed by atoms with E-state index in [2.05, 4.69) is 32.6 Å². The number of ether oxygens (including phenoxy) is 1. The molecule has 1 atom stereocenters. The van der Waals surface area contributed by atoms with Crippen molar-refractivity contribution in [1.29, 1.82) is 0 Å². The molecule has 1 aliphatic rings. The Morgan fingerprint density at radius 2 is 1.71 bits per heavy atom. The molecule has 0 spiro atoms. The molecule has 0 bridgehead atoms. The van der Waals surface area contributed by atoms with Crippen molar-refractivity contribution in [3.63, 3.8) is 0 Å². The molecule has 0 aromatic rings. The number of hydrogen-bond acceptors (Lipinski definition) is 2. The molecule has 0 saturated carbocycles. The van der Waals surface area contributed by atoms with Crippen molar-refractivity contribution in [3.8, 4) is 0 Å². The van der Waals surface area contributed by atoms with Gasteiger partial charge in [-0.15, -0.1) is 0 Å². The molecular weight excluding hydrogens is 210 g/mol. The number of hydrogen-bond donors (Lipinski definition) is 0. The Kier molecular flexibility index (Phi) is 8.06. The first-order valence-electron chi connectivity index (χ1n) is 7.24. The van der Waals surface area contributed by atoms with Crippen LogP contribution in [0.15, 0.2) is 0 Å². The summed E-state index contributed by atoms with van der Waals surface area (Å²) in [6.45, 7) is 15.6. The van der Waals surface area contributed by atoms with Crippen LogP contribution in [-0.2, 0) is 4.74 Å².